The maximum absolute atomic E-state index is 13.2. The van der Waals surface area contributed by atoms with E-state index in [-0.39, 0.29) is 17.9 Å². The van der Waals surface area contributed by atoms with Crippen molar-refractivity contribution in [1.82, 2.24) is 0 Å². The second-order valence-electron chi connectivity index (χ2n) is 6.00. The number of esters is 1. The minimum absolute atomic E-state index is 0.159. The highest BCUT2D eigenvalue weighted by Gasteiger charge is 2.29. The van der Waals surface area contributed by atoms with E-state index >= 15 is 0 Å². The second-order valence-corrected chi connectivity index (χ2v) is 7.86. The number of carbonyl (C=O) groups excluding carboxylic acids is 2. The maximum Gasteiger partial charge on any atom is 0.338 e. The van der Waals surface area contributed by atoms with Crippen LogP contribution in [0, 0.1) is 5.82 Å². The molecule has 150 valence electrons. The van der Waals surface area contributed by atoms with Crippen LogP contribution in [-0.2, 0) is 19.6 Å². The molecular weight excluding hydrogens is 387 g/mol. The summed E-state index contributed by atoms with van der Waals surface area (Å²) < 4.78 is 43.4. The molecule has 0 saturated carbocycles. The second kappa shape index (κ2) is 8.83. The molecule has 7 nitrogen and oxygen atoms in total. The Morgan fingerprint density at radius 1 is 1.18 bits per heavy atom. The Kier molecular flexibility index (Phi) is 6.74. The molecule has 2 rings (SSSR count). The van der Waals surface area contributed by atoms with Gasteiger partial charge in [-0.25, -0.2) is 17.6 Å². The van der Waals surface area contributed by atoms with Crippen LogP contribution in [0.5, 0.6) is 0 Å². The summed E-state index contributed by atoms with van der Waals surface area (Å²) in [4.78, 5) is 24.5. The molecule has 1 amide bonds. The predicted molar refractivity (Wildman–Crippen MR) is 104 cm³/mol. The zero-order chi connectivity index (χ0) is 20.9. The van der Waals surface area contributed by atoms with Crippen molar-refractivity contribution >= 4 is 33.3 Å². The van der Waals surface area contributed by atoms with Gasteiger partial charge in [-0.1, -0.05) is 6.07 Å². The van der Waals surface area contributed by atoms with E-state index < -0.39 is 33.8 Å². The molecule has 0 heterocycles. The van der Waals surface area contributed by atoms with Crippen molar-refractivity contribution in [2.45, 2.75) is 19.9 Å². The third-order valence-corrected chi connectivity index (χ3v) is 5.05. The number of benzene rings is 2. The number of halogens is 1. The molecule has 0 aliphatic carbocycles. The van der Waals surface area contributed by atoms with Crippen molar-refractivity contribution < 1.29 is 27.1 Å². The lowest BCUT2D eigenvalue weighted by atomic mass is 10.2. The fourth-order valence-corrected chi connectivity index (χ4v) is 3.76. The largest absolute Gasteiger partial charge is 0.462 e. The molecule has 2 aromatic carbocycles. The van der Waals surface area contributed by atoms with E-state index in [2.05, 4.69) is 5.32 Å². The molecule has 1 N–H and O–H groups in total. The number of rotatable bonds is 7. The molecule has 0 saturated heterocycles. The number of ether oxygens (including phenoxy) is 1. The summed E-state index contributed by atoms with van der Waals surface area (Å²) in [5, 5.41) is 2.59. The zero-order valence-electron chi connectivity index (χ0n) is 15.7. The lowest BCUT2D eigenvalue weighted by molar-refractivity contribution is -0.116. The van der Waals surface area contributed by atoms with Crippen LogP contribution < -0.4 is 9.62 Å². The Bertz CT molecular complexity index is 961. The number of nitrogens with one attached hydrogen (secondary N) is 1. The third-order valence-electron chi connectivity index (χ3n) is 3.81. The first-order valence-corrected chi connectivity index (χ1v) is 10.3. The lowest BCUT2D eigenvalue weighted by Crippen LogP contribution is -2.45. The van der Waals surface area contributed by atoms with Gasteiger partial charge in [0.25, 0.3) is 0 Å². The monoisotopic (exact) mass is 408 g/mol. The summed E-state index contributed by atoms with van der Waals surface area (Å²) in [6, 6.07) is 9.78. The first kappa shape index (κ1) is 21.4. The molecule has 1 atom stereocenters. The average Bonchev–Trinajstić information content (AvgIpc) is 2.62. The number of carbonyl (C=O) groups is 2. The molecule has 2 aromatic rings. The molecule has 9 heteroatoms. The van der Waals surface area contributed by atoms with Crippen LogP contribution in [0.4, 0.5) is 15.8 Å². The molecule has 0 bridgehead atoms. The summed E-state index contributed by atoms with van der Waals surface area (Å²) in [6.07, 6.45) is 0.960. The Hall–Kier alpha value is -2.94. The smallest absolute Gasteiger partial charge is 0.338 e. The van der Waals surface area contributed by atoms with E-state index in [9.17, 15) is 22.4 Å². The molecule has 0 spiro atoms. The summed E-state index contributed by atoms with van der Waals surface area (Å²) in [5.74, 6) is -1.67. The van der Waals surface area contributed by atoms with Gasteiger partial charge >= 0.3 is 5.97 Å². The van der Waals surface area contributed by atoms with Crippen molar-refractivity contribution in [3.05, 3.63) is 59.9 Å². The number of amides is 1. The van der Waals surface area contributed by atoms with Crippen LogP contribution in [0.1, 0.15) is 24.2 Å². The van der Waals surface area contributed by atoms with E-state index in [0.29, 0.717) is 5.69 Å². The normalized spacial score (nSPS) is 12.1. The van der Waals surface area contributed by atoms with Crippen LogP contribution in [0.3, 0.4) is 0 Å². The molecule has 0 aromatic heterocycles. The standard InChI is InChI=1S/C19H21FN2O5S/c1-4-27-19(24)14-6-5-7-16(12-14)21-18(23)13(2)22(28(3,25)26)17-10-8-15(20)9-11-17/h5-13H,4H2,1-3H3,(H,21,23)/t13-/m1/s1. The molecule has 0 aliphatic heterocycles. The predicted octanol–water partition coefficient (Wildman–Crippen LogP) is 2.80. The van der Waals surface area contributed by atoms with Crippen molar-refractivity contribution in [2.24, 2.45) is 0 Å². The molecular formula is C19H21FN2O5S. The Morgan fingerprint density at radius 3 is 2.39 bits per heavy atom. The summed E-state index contributed by atoms with van der Waals surface area (Å²) in [7, 11) is -3.82. The topological polar surface area (TPSA) is 92.8 Å². The fourth-order valence-electron chi connectivity index (χ4n) is 2.58. The van der Waals surface area contributed by atoms with E-state index in [0.717, 1.165) is 22.7 Å². The van der Waals surface area contributed by atoms with Gasteiger partial charge in [-0.3, -0.25) is 9.10 Å². The van der Waals surface area contributed by atoms with Crippen molar-refractivity contribution in [2.75, 3.05) is 22.5 Å². The van der Waals surface area contributed by atoms with E-state index in [1.807, 2.05) is 0 Å². The van der Waals surface area contributed by atoms with Crippen LogP contribution >= 0.6 is 0 Å². The Morgan fingerprint density at radius 2 is 1.82 bits per heavy atom. The first-order chi connectivity index (χ1) is 13.1. The first-order valence-electron chi connectivity index (χ1n) is 8.46. The van der Waals surface area contributed by atoms with E-state index in [4.69, 9.17) is 4.74 Å². The van der Waals surface area contributed by atoms with Crippen LogP contribution in [0.25, 0.3) is 0 Å². The van der Waals surface area contributed by atoms with Gasteiger partial charge in [0.2, 0.25) is 15.9 Å². The van der Waals surface area contributed by atoms with Gasteiger partial charge < -0.3 is 10.1 Å². The maximum atomic E-state index is 13.2. The molecule has 0 unspecified atom stereocenters. The Labute approximate surface area is 163 Å². The SMILES string of the molecule is CCOC(=O)c1cccc(NC(=O)[C@@H](C)N(c2ccc(F)cc2)S(C)(=O)=O)c1. The fraction of sp³-hybridized carbons (Fsp3) is 0.263. The minimum atomic E-state index is -3.82. The van der Waals surface area contributed by atoms with Gasteiger partial charge in [0.15, 0.2) is 0 Å². The van der Waals surface area contributed by atoms with Crippen LogP contribution in [-0.4, -0.2) is 39.2 Å². The molecule has 0 aliphatic rings. The molecule has 0 radical (unpaired) electrons. The van der Waals surface area contributed by atoms with Gasteiger partial charge in [0.05, 0.1) is 24.1 Å². The number of sulfonamides is 1. The van der Waals surface area contributed by atoms with Gasteiger partial charge in [0.1, 0.15) is 11.9 Å². The van der Waals surface area contributed by atoms with Gasteiger partial charge in [-0.2, -0.15) is 0 Å². The number of hydrogen-bond donors (Lipinski definition) is 1. The quantitative estimate of drug-likeness (QED) is 0.711. The van der Waals surface area contributed by atoms with Gasteiger partial charge in [-0.15, -0.1) is 0 Å². The molecule has 28 heavy (non-hydrogen) atoms. The van der Waals surface area contributed by atoms with Crippen molar-refractivity contribution in [3.63, 3.8) is 0 Å². The van der Waals surface area contributed by atoms with Crippen LogP contribution in [0.2, 0.25) is 0 Å². The lowest BCUT2D eigenvalue weighted by Gasteiger charge is -2.28. The summed E-state index contributed by atoms with van der Waals surface area (Å²) in [5.41, 5.74) is 0.729. The summed E-state index contributed by atoms with van der Waals surface area (Å²) >= 11 is 0. The zero-order valence-corrected chi connectivity index (χ0v) is 16.5. The third kappa shape index (κ3) is 5.29. The number of hydrogen-bond acceptors (Lipinski definition) is 5. The highest BCUT2D eigenvalue weighted by atomic mass is 32.2. The minimum Gasteiger partial charge on any atom is -0.462 e. The highest BCUT2D eigenvalue weighted by molar-refractivity contribution is 7.92. The van der Waals surface area contributed by atoms with E-state index in [1.165, 1.54) is 25.1 Å². The van der Waals surface area contributed by atoms with Gasteiger partial charge in [0, 0.05) is 5.69 Å². The van der Waals surface area contributed by atoms with E-state index in [1.54, 1.807) is 25.1 Å². The highest BCUT2D eigenvalue weighted by Crippen LogP contribution is 2.22. The average molecular weight is 408 g/mol. The van der Waals surface area contributed by atoms with Crippen molar-refractivity contribution in [3.8, 4) is 0 Å². The van der Waals surface area contributed by atoms with Crippen molar-refractivity contribution in [1.29, 1.82) is 0 Å². The number of anilines is 2. The molecule has 0 fully saturated rings. The Balaban J connectivity index is 2.25. The number of nitrogens with zero attached hydrogens (tertiary/aromatic N) is 1. The summed E-state index contributed by atoms with van der Waals surface area (Å²) in [6.45, 7) is 3.31. The van der Waals surface area contributed by atoms with Gasteiger partial charge in [-0.05, 0) is 56.3 Å². The van der Waals surface area contributed by atoms with Crippen LogP contribution in [0.15, 0.2) is 48.5 Å².